The third-order valence-corrected chi connectivity index (χ3v) is 5.32. The highest BCUT2D eigenvalue weighted by Gasteiger charge is 2.49. The van der Waals surface area contributed by atoms with E-state index in [2.05, 4.69) is 4.98 Å². The molecule has 0 radical (unpaired) electrons. The first-order chi connectivity index (χ1) is 13.0. The van der Waals surface area contributed by atoms with Gasteiger partial charge in [0.15, 0.2) is 0 Å². The molecule has 5 nitrogen and oxygen atoms in total. The Balaban J connectivity index is 1.33. The molecule has 0 aliphatic carbocycles. The molecule has 2 saturated heterocycles. The molecule has 1 amide bonds. The van der Waals surface area contributed by atoms with Gasteiger partial charge in [0.1, 0.15) is 11.4 Å². The number of aromatic nitrogens is 1. The van der Waals surface area contributed by atoms with Gasteiger partial charge in [0.05, 0.1) is 25.8 Å². The number of benzene rings is 1. The minimum absolute atomic E-state index is 0.0693. The number of hydrogen-bond acceptors (Lipinski definition) is 4. The summed E-state index contributed by atoms with van der Waals surface area (Å²) >= 11 is 0. The topological polar surface area (TPSA) is 51.7 Å². The minimum Gasteiger partial charge on any atom is -0.373 e. The Hall–Kier alpha value is -2.31. The van der Waals surface area contributed by atoms with E-state index in [1.54, 1.807) is 24.1 Å². The second-order valence-corrected chi connectivity index (χ2v) is 7.44. The molecule has 0 bridgehead atoms. The molecular weight excluding hydrogens is 347 g/mol. The second kappa shape index (κ2) is 7.37. The van der Waals surface area contributed by atoms with E-state index in [0.29, 0.717) is 37.4 Å². The van der Waals surface area contributed by atoms with Crippen LogP contribution in [0.15, 0.2) is 42.7 Å². The van der Waals surface area contributed by atoms with Crippen LogP contribution in [0.4, 0.5) is 4.39 Å². The number of aryl methyl sites for hydroxylation is 1. The lowest BCUT2D eigenvalue weighted by Crippen LogP contribution is -2.67. The molecule has 2 aliphatic heterocycles. The number of halogens is 1. The normalized spacial score (nSPS) is 21.1. The number of likely N-dealkylation sites (tertiary alicyclic amines) is 1. The molecule has 6 heteroatoms. The third kappa shape index (κ3) is 3.87. The fourth-order valence-corrected chi connectivity index (χ4v) is 3.87. The summed E-state index contributed by atoms with van der Waals surface area (Å²) < 4.78 is 25.3. The van der Waals surface area contributed by atoms with E-state index in [0.717, 1.165) is 18.4 Å². The number of rotatable bonds is 4. The molecule has 2 fully saturated rings. The number of ether oxygens (including phenoxy) is 2. The number of nitrogens with zero attached hydrogens (tertiary/aromatic N) is 2. The predicted octanol–water partition coefficient (Wildman–Crippen LogP) is 3.12. The van der Waals surface area contributed by atoms with Crippen molar-refractivity contribution in [1.29, 1.82) is 0 Å². The molecule has 1 aromatic heterocycles. The first kappa shape index (κ1) is 18.1. The van der Waals surface area contributed by atoms with Crippen molar-refractivity contribution in [2.45, 2.75) is 38.1 Å². The van der Waals surface area contributed by atoms with Crippen LogP contribution in [0.2, 0.25) is 0 Å². The molecule has 1 aromatic carbocycles. The molecule has 142 valence electrons. The number of pyridine rings is 1. The lowest BCUT2D eigenvalue weighted by Gasteiger charge is -2.53. The molecule has 1 atom stereocenters. The van der Waals surface area contributed by atoms with Gasteiger partial charge in [-0.15, -0.1) is 0 Å². The van der Waals surface area contributed by atoms with Crippen molar-refractivity contribution in [1.82, 2.24) is 9.88 Å². The second-order valence-electron chi connectivity index (χ2n) is 7.44. The van der Waals surface area contributed by atoms with E-state index >= 15 is 0 Å². The zero-order valence-corrected chi connectivity index (χ0v) is 15.4. The van der Waals surface area contributed by atoms with Crippen molar-refractivity contribution in [3.05, 3.63) is 65.2 Å². The zero-order chi connectivity index (χ0) is 18.9. The summed E-state index contributed by atoms with van der Waals surface area (Å²) in [5.41, 5.74) is 1.94. The molecule has 1 unspecified atom stereocenters. The standard InChI is InChI=1S/C21H23FN2O3/c1-15-9-17(22)4-5-19(15)20(25)24-13-21(14-24)10-18(6-8-27-21)26-12-16-3-2-7-23-11-16/h2-5,7,9,11,18H,6,8,10,12-14H2,1H3. The summed E-state index contributed by atoms with van der Waals surface area (Å²) in [6.45, 7) is 4.03. The van der Waals surface area contributed by atoms with Crippen molar-refractivity contribution in [2.75, 3.05) is 19.7 Å². The van der Waals surface area contributed by atoms with Crippen molar-refractivity contribution in [3.8, 4) is 0 Å². The van der Waals surface area contributed by atoms with Crippen LogP contribution >= 0.6 is 0 Å². The Morgan fingerprint density at radius 2 is 2.26 bits per heavy atom. The van der Waals surface area contributed by atoms with Crippen LogP contribution in [0.1, 0.15) is 34.3 Å². The fourth-order valence-electron chi connectivity index (χ4n) is 3.87. The lowest BCUT2D eigenvalue weighted by atomic mass is 9.84. The smallest absolute Gasteiger partial charge is 0.254 e. The van der Waals surface area contributed by atoms with Gasteiger partial charge in [0.2, 0.25) is 0 Å². The van der Waals surface area contributed by atoms with Gasteiger partial charge in [-0.1, -0.05) is 6.07 Å². The summed E-state index contributed by atoms with van der Waals surface area (Å²) in [7, 11) is 0. The lowest BCUT2D eigenvalue weighted by molar-refractivity contribution is -0.188. The zero-order valence-electron chi connectivity index (χ0n) is 15.4. The largest absolute Gasteiger partial charge is 0.373 e. The number of hydrogen-bond donors (Lipinski definition) is 0. The average molecular weight is 370 g/mol. The van der Waals surface area contributed by atoms with E-state index < -0.39 is 0 Å². The Labute approximate surface area is 158 Å². The van der Waals surface area contributed by atoms with Crippen molar-refractivity contribution in [2.24, 2.45) is 0 Å². The monoisotopic (exact) mass is 370 g/mol. The van der Waals surface area contributed by atoms with E-state index in [1.807, 2.05) is 18.3 Å². The quantitative estimate of drug-likeness (QED) is 0.830. The van der Waals surface area contributed by atoms with E-state index in [-0.39, 0.29) is 23.4 Å². The van der Waals surface area contributed by atoms with Crippen LogP contribution < -0.4 is 0 Å². The summed E-state index contributed by atoms with van der Waals surface area (Å²) in [6, 6.07) is 8.17. The molecule has 27 heavy (non-hydrogen) atoms. The Kier molecular flexibility index (Phi) is 4.93. The molecule has 3 heterocycles. The maximum Gasteiger partial charge on any atom is 0.254 e. The molecule has 0 saturated carbocycles. The fraction of sp³-hybridized carbons (Fsp3) is 0.429. The van der Waals surface area contributed by atoms with Crippen LogP contribution in [0.3, 0.4) is 0 Å². The molecule has 1 spiro atoms. The first-order valence-electron chi connectivity index (χ1n) is 9.25. The van der Waals surface area contributed by atoms with E-state index in [9.17, 15) is 9.18 Å². The SMILES string of the molecule is Cc1cc(F)ccc1C(=O)N1CC2(CC(OCc3cccnc3)CCO2)C1. The number of carbonyl (C=O) groups excluding carboxylic acids is 1. The Morgan fingerprint density at radius 1 is 1.41 bits per heavy atom. The molecule has 2 aromatic rings. The Morgan fingerprint density at radius 3 is 3.00 bits per heavy atom. The van der Waals surface area contributed by atoms with Gasteiger partial charge in [-0.25, -0.2) is 4.39 Å². The van der Waals surface area contributed by atoms with Gasteiger partial charge >= 0.3 is 0 Å². The van der Waals surface area contributed by atoms with Crippen LogP contribution in [0, 0.1) is 12.7 Å². The molecule has 0 N–H and O–H groups in total. The highest BCUT2D eigenvalue weighted by molar-refractivity contribution is 5.96. The van der Waals surface area contributed by atoms with E-state index in [1.165, 1.54) is 12.1 Å². The summed E-state index contributed by atoms with van der Waals surface area (Å²) in [5, 5.41) is 0. The summed E-state index contributed by atoms with van der Waals surface area (Å²) in [5.74, 6) is -0.395. The first-order valence-corrected chi connectivity index (χ1v) is 9.25. The third-order valence-electron chi connectivity index (χ3n) is 5.32. The molecule has 2 aliphatic rings. The van der Waals surface area contributed by atoms with Gasteiger partial charge in [0, 0.05) is 31.0 Å². The summed E-state index contributed by atoms with van der Waals surface area (Å²) in [6.07, 6.45) is 5.30. The van der Waals surface area contributed by atoms with Crippen LogP contribution in [0.25, 0.3) is 0 Å². The maximum atomic E-state index is 13.3. The predicted molar refractivity (Wildman–Crippen MR) is 97.8 cm³/mol. The van der Waals surface area contributed by atoms with Crippen LogP contribution in [-0.2, 0) is 16.1 Å². The van der Waals surface area contributed by atoms with Gasteiger partial charge < -0.3 is 14.4 Å². The van der Waals surface area contributed by atoms with E-state index in [4.69, 9.17) is 9.47 Å². The van der Waals surface area contributed by atoms with Crippen molar-refractivity contribution in [3.63, 3.8) is 0 Å². The minimum atomic E-state index is -0.326. The highest BCUT2D eigenvalue weighted by atomic mass is 19.1. The van der Waals surface area contributed by atoms with Crippen molar-refractivity contribution >= 4 is 5.91 Å². The average Bonchev–Trinajstić information content (AvgIpc) is 2.65. The van der Waals surface area contributed by atoms with Crippen LogP contribution in [-0.4, -0.2) is 47.2 Å². The number of amides is 1. The van der Waals surface area contributed by atoms with Crippen LogP contribution in [0.5, 0.6) is 0 Å². The molecular formula is C21H23FN2O3. The maximum absolute atomic E-state index is 13.3. The number of carbonyl (C=O) groups is 1. The van der Waals surface area contributed by atoms with Gasteiger partial charge in [-0.2, -0.15) is 0 Å². The van der Waals surface area contributed by atoms with Gasteiger partial charge in [-0.05, 0) is 48.7 Å². The molecule has 4 rings (SSSR count). The summed E-state index contributed by atoms with van der Waals surface area (Å²) in [4.78, 5) is 18.6. The highest BCUT2D eigenvalue weighted by Crippen LogP contribution is 2.36. The van der Waals surface area contributed by atoms with Gasteiger partial charge in [0.25, 0.3) is 5.91 Å². The van der Waals surface area contributed by atoms with Gasteiger partial charge in [-0.3, -0.25) is 9.78 Å². The van der Waals surface area contributed by atoms with Crippen molar-refractivity contribution < 1.29 is 18.7 Å². The Bertz CT molecular complexity index is 821.